The Morgan fingerprint density at radius 1 is 1.10 bits per heavy atom. The number of benzene rings is 2. The molecule has 29 heavy (non-hydrogen) atoms. The number of rotatable bonds is 6. The SMILES string of the molecule is O=C1C[C@H](c2ccc(S(=O)(=O)N3CCO[C@H](COc4ccccc4)C3)cc2)CN1. The van der Waals surface area contributed by atoms with Gasteiger partial charge < -0.3 is 14.8 Å². The molecule has 154 valence electrons. The maximum Gasteiger partial charge on any atom is 0.243 e. The number of carbonyl (C=O) groups is 1. The highest BCUT2D eigenvalue weighted by Crippen LogP contribution is 2.26. The average Bonchev–Trinajstić information content (AvgIpc) is 3.20. The first kappa shape index (κ1) is 19.9. The summed E-state index contributed by atoms with van der Waals surface area (Å²) in [6.07, 6.45) is 0.118. The average molecular weight is 416 g/mol. The maximum atomic E-state index is 13.1. The minimum atomic E-state index is -3.61. The van der Waals surface area contributed by atoms with Gasteiger partial charge in [0.15, 0.2) is 0 Å². The number of carbonyl (C=O) groups excluding carboxylic acids is 1. The summed E-state index contributed by atoms with van der Waals surface area (Å²) in [5, 5.41) is 2.80. The molecule has 2 heterocycles. The van der Waals surface area contributed by atoms with Gasteiger partial charge in [0, 0.05) is 32.0 Å². The second-order valence-electron chi connectivity index (χ2n) is 7.25. The first-order valence-corrected chi connectivity index (χ1v) is 11.1. The van der Waals surface area contributed by atoms with E-state index < -0.39 is 10.0 Å². The number of nitrogens with one attached hydrogen (secondary N) is 1. The van der Waals surface area contributed by atoms with Crippen LogP contribution in [0.15, 0.2) is 59.5 Å². The molecule has 0 bridgehead atoms. The van der Waals surface area contributed by atoms with E-state index in [0.29, 0.717) is 26.1 Å². The van der Waals surface area contributed by atoms with E-state index in [9.17, 15) is 13.2 Å². The summed E-state index contributed by atoms with van der Waals surface area (Å²) in [7, 11) is -3.61. The fraction of sp³-hybridized carbons (Fsp3) is 0.381. The van der Waals surface area contributed by atoms with E-state index in [2.05, 4.69) is 5.32 Å². The van der Waals surface area contributed by atoms with Gasteiger partial charge in [-0.25, -0.2) is 8.42 Å². The highest BCUT2D eigenvalue weighted by molar-refractivity contribution is 7.89. The topological polar surface area (TPSA) is 84.9 Å². The molecule has 2 aromatic carbocycles. The Labute approximate surface area is 170 Å². The molecule has 4 rings (SSSR count). The molecule has 0 aliphatic carbocycles. The van der Waals surface area contributed by atoms with Gasteiger partial charge in [0.1, 0.15) is 18.5 Å². The molecule has 8 heteroatoms. The van der Waals surface area contributed by atoms with Crippen LogP contribution in [0.4, 0.5) is 0 Å². The van der Waals surface area contributed by atoms with E-state index in [4.69, 9.17) is 9.47 Å². The first-order chi connectivity index (χ1) is 14.0. The molecule has 0 spiro atoms. The van der Waals surface area contributed by atoms with E-state index in [-0.39, 0.29) is 36.0 Å². The minimum Gasteiger partial charge on any atom is -0.491 e. The highest BCUT2D eigenvalue weighted by Gasteiger charge is 2.31. The second-order valence-corrected chi connectivity index (χ2v) is 9.19. The van der Waals surface area contributed by atoms with Crippen molar-refractivity contribution in [1.29, 1.82) is 0 Å². The number of hydrogen-bond donors (Lipinski definition) is 1. The summed E-state index contributed by atoms with van der Waals surface area (Å²) in [6.45, 7) is 1.77. The van der Waals surface area contributed by atoms with Gasteiger partial charge in [-0.05, 0) is 29.8 Å². The van der Waals surface area contributed by atoms with Crippen LogP contribution in [0, 0.1) is 0 Å². The summed E-state index contributed by atoms with van der Waals surface area (Å²) in [5.41, 5.74) is 0.971. The van der Waals surface area contributed by atoms with Crippen molar-refractivity contribution in [3.63, 3.8) is 0 Å². The zero-order valence-corrected chi connectivity index (χ0v) is 16.8. The molecular formula is C21H24N2O5S. The van der Waals surface area contributed by atoms with Crippen molar-refractivity contribution in [2.45, 2.75) is 23.3 Å². The van der Waals surface area contributed by atoms with Crippen molar-refractivity contribution in [3.05, 3.63) is 60.2 Å². The Morgan fingerprint density at radius 2 is 1.86 bits per heavy atom. The van der Waals surface area contributed by atoms with Gasteiger partial charge in [0.05, 0.1) is 11.5 Å². The largest absolute Gasteiger partial charge is 0.491 e. The third-order valence-electron chi connectivity index (χ3n) is 5.25. The van der Waals surface area contributed by atoms with Crippen LogP contribution in [0.25, 0.3) is 0 Å². The third-order valence-corrected chi connectivity index (χ3v) is 7.13. The van der Waals surface area contributed by atoms with E-state index in [1.807, 2.05) is 30.3 Å². The fourth-order valence-electron chi connectivity index (χ4n) is 3.62. The van der Waals surface area contributed by atoms with Gasteiger partial charge in [-0.15, -0.1) is 0 Å². The predicted molar refractivity (Wildman–Crippen MR) is 107 cm³/mol. The number of ether oxygens (including phenoxy) is 2. The van der Waals surface area contributed by atoms with Crippen LogP contribution in [0.2, 0.25) is 0 Å². The molecule has 0 radical (unpaired) electrons. The molecule has 2 fully saturated rings. The first-order valence-electron chi connectivity index (χ1n) is 9.68. The van der Waals surface area contributed by atoms with Gasteiger partial charge in [-0.1, -0.05) is 30.3 Å². The Kier molecular flexibility index (Phi) is 5.84. The van der Waals surface area contributed by atoms with Crippen LogP contribution in [-0.4, -0.2) is 57.6 Å². The van der Waals surface area contributed by atoms with Crippen LogP contribution in [0.3, 0.4) is 0 Å². The van der Waals surface area contributed by atoms with Crippen molar-refractivity contribution < 1.29 is 22.7 Å². The van der Waals surface area contributed by atoms with E-state index in [1.54, 1.807) is 24.3 Å². The van der Waals surface area contributed by atoms with Gasteiger partial charge in [-0.2, -0.15) is 4.31 Å². The lowest BCUT2D eigenvalue weighted by atomic mass is 9.99. The van der Waals surface area contributed by atoms with E-state index in [0.717, 1.165) is 11.3 Å². The van der Waals surface area contributed by atoms with Crippen molar-refractivity contribution >= 4 is 15.9 Å². The van der Waals surface area contributed by atoms with Gasteiger partial charge in [0.25, 0.3) is 0 Å². The molecule has 2 atom stereocenters. The Hall–Kier alpha value is -2.42. The van der Waals surface area contributed by atoms with Gasteiger partial charge in [-0.3, -0.25) is 4.79 Å². The predicted octanol–water partition coefficient (Wildman–Crippen LogP) is 1.76. The lowest BCUT2D eigenvalue weighted by Gasteiger charge is -2.32. The summed E-state index contributed by atoms with van der Waals surface area (Å²) in [4.78, 5) is 11.7. The molecule has 7 nitrogen and oxygen atoms in total. The van der Waals surface area contributed by atoms with E-state index in [1.165, 1.54) is 4.31 Å². The molecule has 1 N–H and O–H groups in total. The monoisotopic (exact) mass is 416 g/mol. The second kappa shape index (κ2) is 8.52. The molecular weight excluding hydrogens is 392 g/mol. The summed E-state index contributed by atoms with van der Waals surface area (Å²) in [6, 6.07) is 16.2. The molecule has 2 aliphatic rings. The lowest BCUT2D eigenvalue weighted by molar-refractivity contribution is -0.119. The Balaban J connectivity index is 1.40. The Bertz CT molecular complexity index is 947. The molecule has 0 aromatic heterocycles. The number of nitrogens with zero attached hydrogens (tertiary/aromatic N) is 1. The minimum absolute atomic E-state index is 0.0313. The molecule has 0 saturated carbocycles. The number of sulfonamides is 1. The highest BCUT2D eigenvalue weighted by atomic mass is 32.2. The van der Waals surface area contributed by atoms with Crippen LogP contribution in [-0.2, 0) is 19.6 Å². The van der Waals surface area contributed by atoms with Crippen LogP contribution in [0.1, 0.15) is 17.9 Å². The smallest absolute Gasteiger partial charge is 0.243 e. The summed E-state index contributed by atoms with van der Waals surface area (Å²) >= 11 is 0. The van der Waals surface area contributed by atoms with Crippen molar-refractivity contribution in [2.75, 3.05) is 32.8 Å². The lowest BCUT2D eigenvalue weighted by Crippen LogP contribution is -2.47. The van der Waals surface area contributed by atoms with Crippen molar-refractivity contribution in [3.8, 4) is 5.75 Å². The number of para-hydroxylation sites is 1. The molecule has 0 unspecified atom stereocenters. The maximum absolute atomic E-state index is 13.1. The quantitative estimate of drug-likeness (QED) is 0.776. The molecule has 2 aromatic rings. The third kappa shape index (κ3) is 4.60. The number of amides is 1. The zero-order chi connectivity index (χ0) is 20.3. The van der Waals surface area contributed by atoms with Gasteiger partial charge in [0.2, 0.25) is 15.9 Å². The summed E-state index contributed by atoms with van der Waals surface area (Å²) < 4.78 is 39.0. The van der Waals surface area contributed by atoms with Crippen LogP contribution < -0.4 is 10.1 Å². The normalized spacial score (nSPS) is 23.0. The molecule has 1 amide bonds. The summed E-state index contributed by atoms with van der Waals surface area (Å²) in [5.74, 6) is 0.859. The van der Waals surface area contributed by atoms with Crippen LogP contribution >= 0.6 is 0 Å². The van der Waals surface area contributed by atoms with Crippen molar-refractivity contribution in [2.24, 2.45) is 0 Å². The Morgan fingerprint density at radius 3 is 2.55 bits per heavy atom. The van der Waals surface area contributed by atoms with Crippen LogP contribution in [0.5, 0.6) is 5.75 Å². The number of hydrogen-bond acceptors (Lipinski definition) is 5. The molecule has 2 saturated heterocycles. The molecule has 2 aliphatic heterocycles. The standard InChI is InChI=1S/C21H24N2O5S/c24-21-12-17(13-22-21)16-6-8-20(9-7-16)29(25,26)23-10-11-27-19(14-23)15-28-18-4-2-1-3-5-18/h1-9,17,19H,10-15H2,(H,22,24)/t17-,19-/m0/s1. The van der Waals surface area contributed by atoms with E-state index >= 15 is 0 Å². The number of morpholine rings is 1. The fourth-order valence-corrected chi connectivity index (χ4v) is 5.07. The van der Waals surface area contributed by atoms with Gasteiger partial charge >= 0.3 is 0 Å². The zero-order valence-electron chi connectivity index (χ0n) is 16.0. The van der Waals surface area contributed by atoms with Crippen molar-refractivity contribution in [1.82, 2.24) is 9.62 Å².